The van der Waals surface area contributed by atoms with Crippen molar-refractivity contribution in [3.8, 4) is 34.5 Å². The van der Waals surface area contributed by atoms with Crippen LogP contribution in [0.25, 0.3) is 0 Å². The van der Waals surface area contributed by atoms with Crippen molar-refractivity contribution in [3.05, 3.63) is 35.4 Å². The van der Waals surface area contributed by atoms with Gasteiger partial charge in [0.05, 0.1) is 23.6 Å². The number of oxime groups is 2. The number of nitrogens with zero attached hydrogens (tertiary/aromatic N) is 2. The van der Waals surface area contributed by atoms with Crippen LogP contribution in [0.5, 0.6) is 34.5 Å². The normalized spacial score (nSPS) is 10.2. The second kappa shape index (κ2) is 9.75. The van der Waals surface area contributed by atoms with Gasteiger partial charge in [0.2, 0.25) is 0 Å². The van der Waals surface area contributed by atoms with E-state index in [0.717, 1.165) is 24.6 Å². The minimum atomic E-state index is -0.771. The number of hydrogen-bond acceptors (Lipinski definition) is 8. The summed E-state index contributed by atoms with van der Waals surface area (Å²) in [6.07, 6.45) is 1.92. The van der Waals surface area contributed by atoms with Gasteiger partial charge in [-0.3, -0.25) is 0 Å². The number of phenolic OH excluding ortho intramolecular Hbond substituents is 2. The van der Waals surface area contributed by atoms with Crippen LogP contribution in [0.2, 0.25) is 0 Å². The van der Waals surface area contributed by atoms with Gasteiger partial charge in [-0.25, -0.2) is 0 Å². The molecule has 25 heavy (non-hydrogen) atoms. The topological polar surface area (TPSA) is 198 Å². The molecule has 0 saturated carbocycles. The van der Waals surface area contributed by atoms with Crippen molar-refractivity contribution in [2.24, 2.45) is 10.3 Å². The monoisotopic (exact) mass is 401 g/mol. The summed E-state index contributed by atoms with van der Waals surface area (Å²) in [5.41, 5.74) is 0.334. The molecule has 0 bridgehead atoms. The molecule has 0 fully saturated rings. The van der Waals surface area contributed by atoms with Gasteiger partial charge < -0.3 is 41.1 Å². The van der Waals surface area contributed by atoms with Crippen LogP contribution < -0.4 is 10.2 Å². The number of aromatic hydroxyl groups is 2. The third-order valence-corrected chi connectivity index (χ3v) is 2.73. The fourth-order valence-corrected chi connectivity index (χ4v) is 1.51. The zero-order valence-corrected chi connectivity index (χ0v) is 13.2. The molecule has 1 radical (unpaired) electrons. The molecule has 10 nitrogen and oxygen atoms in total. The van der Waals surface area contributed by atoms with E-state index in [0.29, 0.717) is 0 Å². The Morgan fingerprint density at radius 1 is 0.760 bits per heavy atom. The molecule has 2 aromatic rings. The van der Waals surface area contributed by atoms with E-state index in [2.05, 4.69) is 10.3 Å². The molecule has 2 aromatic carbocycles. The van der Waals surface area contributed by atoms with E-state index in [-0.39, 0.29) is 39.7 Å². The zero-order chi connectivity index (χ0) is 18.3. The van der Waals surface area contributed by atoms with E-state index in [1.54, 1.807) is 0 Å². The van der Waals surface area contributed by atoms with Gasteiger partial charge in [-0.15, -0.1) is 0 Å². The molecule has 0 saturated heterocycles. The van der Waals surface area contributed by atoms with E-state index in [4.69, 9.17) is 30.8 Å². The summed E-state index contributed by atoms with van der Waals surface area (Å²) >= 11 is 0. The second-order valence-electron chi connectivity index (χ2n) is 4.25. The Morgan fingerprint density at radius 3 is 1.36 bits per heavy atom. The van der Waals surface area contributed by atoms with E-state index >= 15 is 0 Å². The summed E-state index contributed by atoms with van der Waals surface area (Å²) < 4.78 is 0. The molecule has 0 aliphatic heterocycles. The van der Waals surface area contributed by atoms with Crippen molar-refractivity contribution in [3.63, 3.8) is 0 Å². The van der Waals surface area contributed by atoms with Crippen LogP contribution in [0.1, 0.15) is 11.1 Å². The third kappa shape index (κ3) is 5.37. The number of rotatable bonds is 2. The smallest absolute Gasteiger partial charge is 0.864 e. The van der Waals surface area contributed by atoms with Crippen LogP contribution in [0.3, 0.4) is 0 Å². The molecule has 8 N–H and O–H groups in total. The molecule has 0 spiro atoms. The second-order valence-corrected chi connectivity index (χ2v) is 4.25. The van der Waals surface area contributed by atoms with Gasteiger partial charge in [-0.2, -0.15) is 0 Å². The minimum Gasteiger partial charge on any atom is -0.864 e. The standard InChI is InChI=1S/2C7H7NO4.Cu/c2*9-5-2-1-4(3-8-12)6(10)7(5)11;/h2*1-3,9-12H;/q;;+2/b8-3+;8-3-;. The average Bonchev–Trinajstić information content (AvgIpc) is 2.57. The molecule has 137 valence electrons. The van der Waals surface area contributed by atoms with Crippen LogP contribution in [-0.4, -0.2) is 43.3 Å². The summed E-state index contributed by atoms with van der Waals surface area (Å²) in [5, 5.41) is 75.4. The van der Waals surface area contributed by atoms with Crippen molar-refractivity contribution in [2.75, 3.05) is 0 Å². The fourth-order valence-electron chi connectivity index (χ4n) is 1.51. The predicted molar refractivity (Wildman–Crippen MR) is 80.0 cm³/mol. The maximum absolute atomic E-state index is 10.9. The Bertz CT molecular complexity index is 714. The van der Waals surface area contributed by atoms with Crippen molar-refractivity contribution in [1.82, 2.24) is 0 Å². The average molecular weight is 402 g/mol. The van der Waals surface area contributed by atoms with Crippen molar-refractivity contribution in [2.45, 2.75) is 0 Å². The van der Waals surface area contributed by atoms with E-state index in [9.17, 15) is 10.2 Å². The Hall–Kier alpha value is -3.30. The summed E-state index contributed by atoms with van der Waals surface area (Å²) in [5.74, 6) is -3.26. The van der Waals surface area contributed by atoms with Gasteiger partial charge in [-0.1, -0.05) is 10.3 Å². The molecule has 0 aromatic heterocycles. The molecule has 2 rings (SSSR count). The van der Waals surface area contributed by atoms with Crippen LogP contribution in [0.4, 0.5) is 0 Å². The molecule has 11 heteroatoms. The van der Waals surface area contributed by atoms with Gasteiger partial charge in [0.25, 0.3) is 11.5 Å². The first kappa shape index (κ1) is 21.7. The number of benzene rings is 2. The van der Waals surface area contributed by atoms with Gasteiger partial charge >= 0.3 is 17.1 Å². The van der Waals surface area contributed by atoms with Crippen molar-refractivity contribution >= 4 is 12.4 Å². The van der Waals surface area contributed by atoms with Gasteiger partial charge in [0.15, 0.2) is 0 Å². The SMILES string of the molecule is [Cu+2].[O-]c1c(O)ccc(/C=N/O)c1[OH2+].[O-]c1c(O)ccc(/C=N\O)c1[OH2+]. The van der Waals surface area contributed by atoms with Gasteiger partial charge in [-0.05, 0) is 24.3 Å². The summed E-state index contributed by atoms with van der Waals surface area (Å²) in [6.45, 7) is 0. The Kier molecular flexibility index (Phi) is 8.47. The van der Waals surface area contributed by atoms with Crippen molar-refractivity contribution < 1.29 is 58.1 Å². The first-order valence-electron chi connectivity index (χ1n) is 6.17. The minimum absolute atomic E-state index is 0. The molecular formula is C14H14CuN2O8+2. The molecule has 0 aliphatic carbocycles. The van der Waals surface area contributed by atoms with Crippen LogP contribution in [0.15, 0.2) is 34.6 Å². The van der Waals surface area contributed by atoms with Gasteiger partial charge in [0, 0.05) is 11.5 Å². The van der Waals surface area contributed by atoms with E-state index in [1.807, 2.05) is 0 Å². The summed E-state index contributed by atoms with van der Waals surface area (Å²) in [4.78, 5) is 0. The number of phenols is 2. The first-order chi connectivity index (χ1) is 11.3. The quantitative estimate of drug-likeness (QED) is 0.170. The first-order valence-corrected chi connectivity index (χ1v) is 6.17. The van der Waals surface area contributed by atoms with Crippen LogP contribution in [0, 0.1) is 0 Å². The molecule has 0 aliphatic rings. The molecule has 0 atom stereocenters. The zero-order valence-electron chi connectivity index (χ0n) is 12.3. The number of hydrogen-bond donors (Lipinski definition) is 4. The third-order valence-electron chi connectivity index (χ3n) is 2.73. The Balaban J connectivity index is 0.000000443. The molecule has 0 amide bonds. The predicted octanol–water partition coefficient (Wildman–Crippen LogP) is -0.579. The Morgan fingerprint density at radius 2 is 1.08 bits per heavy atom. The summed E-state index contributed by atoms with van der Waals surface area (Å²) in [6, 6.07) is 4.94. The summed E-state index contributed by atoms with van der Waals surface area (Å²) in [7, 11) is 0. The molecular weight excluding hydrogens is 388 g/mol. The molecule has 0 unspecified atom stereocenters. The largest absolute Gasteiger partial charge is 2.00 e. The Labute approximate surface area is 151 Å². The van der Waals surface area contributed by atoms with Crippen molar-refractivity contribution in [1.29, 1.82) is 0 Å². The van der Waals surface area contributed by atoms with E-state index < -0.39 is 23.0 Å². The maximum atomic E-state index is 10.9. The van der Waals surface area contributed by atoms with Crippen LogP contribution in [-0.2, 0) is 17.1 Å². The van der Waals surface area contributed by atoms with E-state index in [1.165, 1.54) is 12.1 Å². The van der Waals surface area contributed by atoms with Crippen LogP contribution >= 0.6 is 0 Å². The molecule has 0 heterocycles. The maximum Gasteiger partial charge on any atom is 2.00 e. The fraction of sp³-hybridized carbons (Fsp3) is 0. The van der Waals surface area contributed by atoms with Gasteiger partial charge in [0.1, 0.15) is 11.5 Å².